The van der Waals surface area contributed by atoms with Crippen LogP contribution in [0.4, 0.5) is 0 Å². The first-order valence-electron chi connectivity index (χ1n) is 3.99. The minimum Gasteiger partial charge on any atom is -0.355 e. The van der Waals surface area contributed by atoms with Crippen molar-refractivity contribution < 1.29 is 9.32 Å². The van der Waals surface area contributed by atoms with E-state index >= 15 is 0 Å². The molecule has 0 radical (unpaired) electrons. The van der Waals surface area contributed by atoms with Gasteiger partial charge in [-0.2, -0.15) is 0 Å². The van der Waals surface area contributed by atoms with E-state index in [2.05, 4.69) is 10.5 Å². The van der Waals surface area contributed by atoms with Gasteiger partial charge in [-0.05, 0) is 12.1 Å². The Balaban J connectivity index is 2.64. The monoisotopic (exact) mass is 210 g/mol. The second-order valence-corrected chi connectivity index (χ2v) is 3.19. The van der Waals surface area contributed by atoms with Crippen LogP contribution in [0, 0.1) is 0 Å². The Labute approximate surface area is 84.8 Å². The van der Waals surface area contributed by atoms with Gasteiger partial charge in [0.05, 0.1) is 5.39 Å². The molecular formula is C9H7ClN2O2. The number of aromatic nitrogens is 1. The van der Waals surface area contributed by atoms with Crippen molar-refractivity contribution in [3.63, 3.8) is 0 Å². The number of hydrogen-bond donors (Lipinski definition) is 1. The van der Waals surface area contributed by atoms with Crippen molar-refractivity contribution in [2.75, 3.05) is 7.05 Å². The molecule has 2 rings (SSSR count). The van der Waals surface area contributed by atoms with Crippen molar-refractivity contribution in [1.29, 1.82) is 0 Å². The molecule has 1 N–H and O–H groups in total. The first kappa shape index (κ1) is 9.02. The molecule has 0 aliphatic rings. The van der Waals surface area contributed by atoms with Crippen molar-refractivity contribution in [3.8, 4) is 0 Å². The molecule has 1 aromatic heterocycles. The molecule has 4 nitrogen and oxygen atoms in total. The Morgan fingerprint density at radius 2 is 2.36 bits per heavy atom. The molecule has 2 aromatic rings. The van der Waals surface area contributed by atoms with Gasteiger partial charge in [-0.3, -0.25) is 4.79 Å². The van der Waals surface area contributed by atoms with Crippen LogP contribution in [0.3, 0.4) is 0 Å². The molecule has 5 heteroatoms. The lowest BCUT2D eigenvalue weighted by Gasteiger charge is -1.93. The van der Waals surface area contributed by atoms with Gasteiger partial charge in [-0.15, -0.1) is 0 Å². The molecular weight excluding hydrogens is 204 g/mol. The Bertz CT molecular complexity index is 493. The quantitative estimate of drug-likeness (QED) is 0.782. The van der Waals surface area contributed by atoms with Gasteiger partial charge in [-0.1, -0.05) is 16.8 Å². The molecule has 1 heterocycles. The van der Waals surface area contributed by atoms with E-state index in [1.54, 1.807) is 25.2 Å². The van der Waals surface area contributed by atoms with E-state index in [-0.39, 0.29) is 11.6 Å². The van der Waals surface area contributed by atoms with Gasteiger partial charge >= 0.3 is 0 Å². The van der Waals surface area contributed by atoms with Crippen LogP contribution in [0.15, 0.2) is 22.7 Å². The Morgan fingerprint density at radius 1 is 1.57 bits per heavy atom. The van der Waals surface area contributed by atoms with Crippen molar-refractivity contribution in [2.45, 2.75) is 0 Å². The topological polar surface area (TPSA) is 55.1 Å². The van der Waals surface area contributed by atoms with E-state index in [1.807, 2.05) is 0 Å². The molecule has 1 amide bonds. The normalized spacial score (nSPS) is 10.4. The number of nitrogens with zero attached hydrogens (tertiary/aromatic N) is 1. The van der Waals surface area contributed by atoms with Crippen LogP contribution < -0.4 is 5.32 Å². The number of amides is 1. The molecule has 72 valence electrons. The Morgan fingerprint density at radius 3 is 3.07 bits per heavy atom. The fourth-order valence-corrected chi connectivity index (χ4v) is 1.36. The predicted octanol–water partition coefficient (Wildman–Crippen LogP) is 1.84. The molecule has 0 aliphatic heterocycles. The summed E-state index contributed by atoms with van der Waals surface area (Å²) in [5, 5.41) is 7.35. The average Bonchev–Trinajstić information content (AvgIpc) is 2.59. The van der Waals surface area contributed by atoms with Gasteiger partial charge < -0.3 is 9.84 Å². The Hall–Kier alpha value is -1.55. The smallest absolute Gasteiger partial charge is 0.273 e. The molecule has 0 saturated heterocycles. The molecule has 0 saturated carbocycles. The SMILES string of the molecule is CNC(=O)c1noc2cc(Cl)ccc12. The van der Waals surface area contributed by atoms with Crippen molar-refractivity contribution in [2.24, 2.45) is 0 Å². The van der Waals surface area contributed by atoms with Gasteiger partial charge in [0.15, 0.2) is 11.3 Å². The first-order chi connectivity index (χ1) is 6.72. The van der Waals surface area contributed by atoms with Gasteiger partial charge in [0.1, 0.15) is 0 Å². The summed E-state index contributed by atoms with van der Waals surface area (Å²) in [4.78, 5) is 11.3. The van der Waals surface area contributed by atoms with Crippen LogP contribution in [0.5, 0.6) is 0 Å². The molecule has 1 aromatic carbocycles. The summed E-state index contributed by atoms with van der Waals surface area (Å²) in [6.45, 7) is 0. The van der Waals surface area contributed by atoms with E-state index in [4.69, 9.17) is 16.1 Å². The van der Waals surface area contributed by atoms with E-state index in [0.717, 1.165) is 0 Å². The number of benzene rings is 1. The summed E-state index contributed by atoms with van der Waals surface area (Å²) in [7, 11) is 1.54. The van der Waals surface area contributed by atoms with Crippen LogP contribution in [0.1, 0.15) is 10.5 Å². The van der Waals surface area contributed by atoms with E-state index in [9.17, 15) is 4.79 Å². The summed E-state index contributed by atoms with van der Waals surface area (Å²) in [6, 6.07) is 5.02. The highest BCUT2D eigenvalue weighted by Gasteiger charge is 2.14. The number of rotatable bonds is 1. The van der Waals surface area contributed by atoms with Crippen molar-refractivity contribution >= 4 is 28.5 Å². The van der Waals surface area contributed by atoms with Crippen LogP contribution in [-0.2, 0) is 0 Å². The van der Waals surface area contributed by atoms with E-state index in [1.165, 1.54) is 0 Å². The molecule has 0 fully saturated rings. The van der Waals surface area contributed by atoms with Crippen LogP contribution in [0.2, 0.25) is 5.02 Å². The summed E-state index contributed by atoms with van der Waals surface area (Å²) in [5.74, 6) is -0.272. The summed E-state index contributed by atoms with van der Waals surface area (Å²) >= 11 is 5.75. The summed E-state index contributed by atoms with van der Waals surface area (Å²) in [5.41, 5.74) is 0.787. The van der Waals surface area contributed by atoms with Gasteiger partial charge in [-0.25, -0.2) is 0 Å². The van der Waals surface area contributed by atoms with Gasteiger partial charge in [0.2, 0.25) is 0 Å². The highest BCUT2D eigenvalue weighted by molar-refractivity contribution is 6.31. The van der Waals surface area contributed by atoms with Crippen LogP contribution in [-0.4, -0.2) is 18.1 Å². The van der Waals surface area contributed by atoms with E-state index in [0.29, 0.717) is 16.0 Å². The maximum absolute atomic E-state index is 11.3. The zero-order valence-electron chi connectivity index (χ0n) is 7.37. The second-order valence-electron chi connectivity index (χ2n) is 2.75. The third kappa shape index (κ3) is 1.33. The maximum atomic E-state index is 11.3. The third-order valence-corrected chi connectivity index (χ3v) is 2.11. The summed E-state index contributed by atoms with van der Waals surface area (Å²) < 4.78 is 4.96. The molecule has 14 heavy (non-hydrogen) atoms. The number of halogens is 1. The van der Waals surface area contributed by atoms with Crippen molar-refractivity contribution in [3.05, 3.63) is 28.9 Å². The fraction of sp³-hybridized carbons (Fsp3) is 0.111. The molecule has 0 bridgehead atoms. The number of nitrogens with one attached hydrogen (secondary N) is 1. The number of carbonyl (C=O) groups is 1. The third-order valence-electron chi connectivity index (χ3n) is 1.88. The lowest BCUT2D eigenvalue weighted by Crippen LogP contribution is -2.18. The largest absolute Gasteiger partial charge is 0.355 e. The zero-order chi connectivity index (χ0) is 10.1. The fourth-order valence-electron chi connectivity index (χ4n) is 1.19. The number of fused-ring (bicyclic) bond motifs is 1. The Kier molecular flexibility index (Phi) is 2.13. The first-order valence-corrected chi connectivity index (χ1v) is 4.37. The highest BCUT2D eigenvalue weighted by Crippen LogP contribution is 2.21. The highest BCUT2D eigenvalue weighted by atomic mass is 35.5. The maximum Gasteiger partial charge on any atom is 0.273 e. The lowest BCUT2D eigenvalue weighted by atomic mass is 10.2. The van der Waals surface area contributed by atoms with Crippen LogP contribution >= 0.6 is 11.6 Å². The molecule has 0 unspecified atom stereocenters. The minimum atomic E-state index is -0.272. The van der Waals surface area contributed by atoms with Crippen molar-refractivity contribution in [1.82, 2.24) is 10.5 Å². The minimum absolute atomic E-state index is 0.272. The second kappa shape index (κ2) is 3.31. The molecule has 0 spiro atoms. The molecule has 0 atom stereocenters. The number of hydrogen-bond acceptors (Lipinski definition) is 3. The zero-order valence-corrected chi connectivity index (χ0v) is 8.13. The van der Waals surface area contributed by atoms with Gasteiger partial charge in [0, 0.05) is 18.1 Å². The average molecular weight is 211 g/mol. The standard InChI is InChI=1S/C9H7ClN2O2/c1-11-9(13)8-6-3-2-5(10)4-7(6)14-12-8/h2-4H,1H3,(H,11,13). The van der Waals surface area contributed by atoms with E-state index < -0.39 is 0 Å². The van der Waals surface area contributed by atoms with Crippen LogP contribution in [0.25, 0.3) is 11.0 Å². The van der Waals surface area contributed by atoms with Gasteiger partial charge in [0.25, 0.3) is 5.91 Å². The predicted molar refractivity (Wildman–Crippen MR) is 52.4 cm³/mol. The summed E-state index contributed by atoms with van der Waals surface area (Å²) in [6.07, 6.45) is 0. The number of carbonyl (C=O) groups excluding carboxylic acids is 1. The molecule has 0 aliphatic carbocycles. The lowest BCUT2D eigenvalue weighted by molar-refractivity contribution is 0.0956.